The topological polar surface area (TPSA) is 102 Å². The average Bonchev–Trinajstić information content (AvgIpc) is 3.58. The first-order chi connectivity index (χ1) is 21.2. The fraction of sp³-hybridized carbons (Fsp3) is 0.250. The molecule has 3 aromatic carbocycles. The fourth-order valence-corrected chi connectivity index (χ4v) is 6.58. The number of ether oxygens (including phenoxy) is 2. The van der Waals surface area contributed by atoms with Crippen molar-refractivity contribution in [2.75, 3.05) is 18.6 Å². The van der Waals surface area contributed by atoms with E-state index in [-0.39, 0.29) is 22.3 Å². The highest BCUT2D eigenvalue weighted by Gasteiger charge is 2.48. The second kappa shape index (κ2) is 13.8. The quantitative estimate of drug-likeness (QED) is 0.0578. The highest BCUT2D eigenvalue weighted by Crippen LogP contribution is 2.45. The second-order valence-electron chi connectivity index (χ2n) is 10.3. The maximum absolute atomic E-state index is 14.2. The Labute approximate surface area is 267 Å². The number of aliphatic hydroxyl groups is 1. The third kappa shape index (κ3) is 6.74. The minimum atomic E-state index is -1.05. The van der Waals surface area contributed by atoms with Gasteiger partial charge in [0.25, 0.3) is 5.78 Å². The number of hydrogen-bond acceptors (Lipinski definition) is 9. The SMILES string of the molecule is COc1cc(C2/C(=C(/O)c3ccc(Cl)cc3)C(=O)C(=O)N2c2nnc(SCc3ccccc3F)s2)ccc1OCCC(C)C. The molecule has 8 nitrogen and oxygen atoms in total. The van der Waals surface area contributed by atoms with Crippen molar-refractivity contribution in [2.24, 2.45) is 5.92 Å². The number of carbonyl (C=O) groups excluding carboxylic acids is 2. The number of anilines is 1. The van der Waals surface area contributed by atoms with Crippen LogP contribution in [0.3, 0.4) is 0 Å². The summed E-state index contributed by atoms with van der Waals surface area (Å²) in [4.78, 5) is 28.4. The van der Waals surface area contributed by atoms with Crippen LogP contribution in [0.4, 0.5) is 9.52 Å². The fourth-order valence-electron chi connectivity index (χ4n) is 4.60. The number of nitrogens with zero attached hydrogens (tertiary/aromatic N) is 3. The highest BCUT2D eigenvalue weighted by atomic mass is 35.5. The lowest BCUT2D eigenvalue weighted by Crippen LogP contribution is -2.29. The van der Waals surface area contributed by atoms with Crippen molar-refractivity contribution in [1.29, 1.82) is 0 Å². The van der Waals surface area contributed by atoms with E-state index in [1.807, 2.05) is 0 Å². The summed E-state index contributed by atoms with van der Waals surface area (Å²) in [5.41, 5.74) is 1.18. The number of benzene rings is 3. The number of ketones is 1. The Morgan fingerprint density at radius 2 is 1.84 bits per heavy atom. The first-order valence-electron chi connectivity index (χ1n) is 13.7. The van der Waals surface area contributed by atoms with Crippen LogP contribution in [0.25, 0.3) is 5.76 Å². The molecule has 1 aromatic heterocycles. The second-order valence-corrected chi connectivity index (χ2v) is 13.0. The summed E-state index contributed by atoms with van der Waals surface area (Å²) >= 11 is 8.40. The summed E-state index contributed by atoms with van der Waals surface area (Å²) in [5.74, 6) is -0.774. The minimum Gasteiger partial charge on any atom is -0.507 e. The first kappa shape index (κ1) is 31.5. The zero-order valence-corrected chi connectivity index (χ0v) is 26.5. The summed E-state index contributed by atoms with van der Waals surface area (Å²) in [7, 11) is 1.50. The number of amides is 1. The van der Waals surface area contributed by atoms with Crippen LogP contribution in [0, 0.1) is 11.7 Å². The Morgan fingerprint density at radius 1 is 1.09 bits per heavy atom. The van der Waals surface area contributed by atoms with Crippen molar-refractivity contribution in [3.63, 3.8) is 0 Å². The predicted octanol–water partition coefficient (Wildman–Crippen LogP) is 7.68. The maximum atomic E-state index is 14.2. The Kier molecular flexibility index (Phi) is 9.87. The van der Waals surface area contributed by atoms with Crippen molar-refractivity contribution in [1.82, 2.24) is 10.2 Å². The molecule has 0 saturated carbocycles. The lowest BCUT2D eigenvalue weighted by atomic mass is 9.95. The average molecular weight is 654 g/mol. The molecule has 0 bridgehead atoms. The van der Waals surface area contributed by atoms with E-state index in [0.29, 0.717) is 55.8 Å². The highest BCUT2D eigenvalue weighted by molar-refractivity contribution is 8.00. The normalized spacial score (nSPS) is 16.1. The van der Waals surface area contributed by atoms with Crippen molar-refractivity contribution in [3.8, 4) is 11.5 Å². The largest absolute Gasteiger partial charge is 0.507 e. The minimum absolute atomic E-state index is 0.122. The molecule has 1 N–H and O–H groups in total. The summed E-state index contributed by atoms with van der Waals surface area (Å²) in [6, 6.07) is 16.8. The van der Waals surface area contributed by atoms with Crippen LogP contribution in [0.2, 0.25) is 5.02 Å². The van der Waals surface area contributed by atoms with E-state index >= 15 is 0 Å². The van der Waals surface area contributed by atoms with Gasteiger partial charge < -0.3 is 14.6 Å². The van der Waals surface area contributed by atoms with Crippen LogP contribution in [-0.4, -0.2) is 40.7 Å². The molecule has 0 spiro atoms. The number of thioether (sulfide) groups is 1. The molecule has 0 radical (unpaired) electrons. The first-order valence-corrected chi connectivity index (χ1v) is 15.9. The third-order valence-electron chi connectivity index (χ3n) is 6.93. The van der Waals surface area contributed by atoms with Crippen LogP contribution in [0.5, 0.6) is 11.5 Å². The summed E-state index contributed by atoms with van der Waals surface area (Å²) in [5, 5.41) is 20.4. The van der Waals surface area contributed by atoms with Gasteiger partial charge in [-0.1, -0.05) is 72.8 Å². The van der Waals surface area contributed by atoms with Gasteiger partial charge in [0.2, 0.25) is 5.13 Å². The summed E-state index contributed by atoms with van der Waals surface area (Å²) in [6.45, 7) is 4.69. The Balaban J connectivity index is 1.55. The Morgan fingerprint density at radius 3 is 2.55 bits per heavy atom. The van der Waals surface area contributed by atoms with Gasteiger partial charge in [-0.05, 0) is 65.9 Å². The lowest BCUT2D eigenvalue weighted by Gasteiger charge is -2.23. The Hall–Kier alpha value is -3.93. The van der Waals surface area contributed by atoms with Gasteiger partial charge in [-0.2, -0.15) is 0 Å². The number of hydrogen-bond donors (Lipinski definition) is 1. The number of methoxy groups -OCH3 is 1. The van der Waals surface area contributed by atoms with Crippen LogP contribution in [0.1, 0.15) is 43.0 Å². The molecule has 4 aromatic rings. The van der Waals surface area contributed by atoms with Crippen molar-refractivity contribution in [2.45, 2.75) is 36.4 Å². The van der Waals surface area contributed by atoms with Crippen LogP contribution >= 0.6 is 34.7 Å². The maximum Gasteiger partial charge on any atom is 0.301 e. The molecule has 0 aliphatic carbocycles. The molecule has 228 valence electrons. The van der Waals surface area contributed by atoms with Gasteiger partial charge in [0, 0.05) is 16.3 Å². The van der Waals surface area contributed by atoms with Gasteiger partial charge in [0.15, 0.2) is 15.8 Å². The van der Waals surface area contributed by atoms with E-state index in [1.165, 1.54) is 29.8 Å². The molecule has 1 unspecified atom stereocenters. The number of aliphatic hydroxyl groups excluding tert-OH is 1. The number of Topliss-reactive ketones (excluding diaryl/α,β-unsaturated/α-hetero) is 1. The van der Waals surface area contributed by atoms with Crippen LogP contribution in [0.15, 0.2) is 76.6 Å². The van der Waals surface area contributed by atoms with E-state index in [9.17, 15) is 19.1 Å². The molecular formula is C32H29ClFN3O5S2. The van der Waals surface area contributed by atoms with Gasteiger partial charge >= 0.3 is 5.91 Å². The molecule has 12 heteroatoms. The smallest absolute Gasteiger partial charge is 0.301 e. The van der Waals surface area contributed by atoms with E-state index < -0.39 is 17.7 Å². The van der Waals surface area contributed by atoms with E-state index in [4.69, 9.17) is 21.1 Å². The van der Waals surface area contributed by atoms with Gasteiger partial charge in [-0.3, -0.25) is 14.5 Å². The van der Waals surface area contributed by atoms with E-state index in [0.717, 1.165) is 17.8 Å². The summed E-state index contributed by atoms with van der Waals surface area (Å²) < 4.78 is 26.2. The number of halogens is 2. The van der Waals surface area contributed by atoms with Crippen molar-refractivity contribution in [3.05, 3.63) is 99.8 Å². The van der Waals surface area contributed by atoms with Crippen LogP contribution < -0.4 is 14.4 Å². The molecule has 1 atom stereocenters. The molecular weight excluding hydrogens is 625 g/mol. The van der Waals surface area contributed by atoms with Gasteiger partial charge in [0.05, 0.1) is 25.3 Å². The Bertz CT molecular complexity index is 1710. The molecule has 1 fully saturated rings. The molecule has 1 aliphatic heterocycles. The molecule has 2 heterocycles. The molecule has 5 rings (SSSR count). The van der Waals surface area contributed by atoms with E-state index in [1.54, 1.807) is 60.7 Å². The summed E-state index contributed by atoms with van der Waals surface area (Å²) in [6.07, 6.45) is 0.848. The molecule has 1 saturated heterocycles. The third-order valence-corrected chi connectivity index (χ3v) is 9.29. The zero-order valence-electron chi connectivity index (χ0n) is 24.1. The number of aromatic nitrogens is 2. The van der Waals surface area contributed by atoms with Gasteiger partial charge in [-0.15, -0.1) is 10.2 Å². The molecule has 44 heavy (non-hydrogen) atoms. The van der Waals surface area contributed by atoms with Crippen LogP contribution in [-0.2, 0) is 15.3 Å². The lowest BCUT2D eigenvalue weighted by molar-refractivity contribution is -0.132. The van der Waals surface area contributed by atoms with Crippen molar-refractivity contribution >= 4 is 57.3 Å². The van der Waals surface area contributed by atoms with Gasteiger partial charge in [0.1, 0.15) is 11.6 Å². The van der Waals surface area contributed by atoms with Crippen molar-refractivity contribution < 1.29 is 28.6 Å². The monoisotopic (exact) mass is 653 g/mol. The predicted molar refractivity (Wildman–Crippen MR) is 170 cm³/mol. The standard InChI is InChI=1S/C32H29ClFN3O5S2/c1-18(2)14-15-42-24-13-10-20(16-25(24)41-3)27-26(28(38)19-8-11-22(33)12-9-19)29(39)30(40)37(27)31-35-36-32(44-31)43-17-21-6-4-5-7-23(21)34/h4-13,16,18,27,38H,14-15,17H2,1-3H3/b28-26-. The van der Waals surface area contributed by atoms with E-state index in [2.05, 4.69) is 24.0 Å². The van der Waals surface area contributed by atoms with Gasteiger partial charge in [-0.25, -0.2) is 4.39 Å². The molecule has 1 aliphatic rings. The number of rotatable bonds is 11. The molecule has 1 amide bonds. The zero-order chi connectivity index (χ0) is 31.4. The number of carbonyl (C=O) groups is 2.